The van der Waals surface area contributed by atoms with Gasteiger partial charge in [0.25, 0.3) is 11.6 Å². The van der Waals surface area contributed by atoms with Gasteiger partial charge in [-0.05, 0) is 32.2 Å². The Morgan fingerprint density at radius 1 is 1.52 bits per heavy atom. The molecule has 0 aromatic carbocycles. The van der Waals surface area contributed by atoms with Crippen LogP contribution in [-0.4, -0.2) is 39.8 Å². The van der Waals surface area contributed by atoms with Crippen molar-refractivity contribution in [3.63, 3.8) is 0 Å². The summed E-state index contributed by atoms with van der Waals surface area (Å²) in [6.07, 6.45) is 5.48. The van der Waals surface area contributed by atoms with Gasteiger partial charge in [-0.25, -0.2) is 0 Å². The van der Waals surface area contributed by atoms with Crippen molar-refractivity contribution < 1.29 is 9.72 Å². The molecule has 1 aromatic heterocycles. The summed E-state index contributed by atoms with van der Waals surface area (Å²) in [6, 6.07) is 1.43. The second-order valence-electron chi connectivity index (χ2n) is 5.47. The van der Waals surface area contributed by atoms with Gasteiger partial charge in [0.05, 0.1) is 11.1 Å². The number of hydrogen-bond donors (Lipinski definition) is 2. The van der Waals surface area contributed by atoms with Crippen LogP contribution < -0.4 is 5.73 Å². The zero-order valence-electron chi connectivity index (χ0n) is 12.2. The number of rotatable bonds is 5. The van der Waals surface area contributed by atoms with E-state index in [2.05, 4.69) is 4.98 Å². The summed E-state index contributed by atoms with van der Waals surface area (Å²) in [7, 11) is 0. The van der Waals surface area contributed by atoms with Crippen LogP contribution in [0.1, 0.15) is 43.1 Å². The minimum absolute atomic E-state index is 0.0894. The van der Waals surface area contributed by atoms with Gasteiger partial charge in [0.2, 0.25) is 0 Å². The molecule has 7 heteroatoms. The van der Waals surface area contributed by atoms with Crippen molar-refractivity contribution in [3.05, 3.63) is 28.1 Å². The van der Waals surface area contributed by atoms with E-state index >= 15 is 0 Å². The van der Waals surface area contributed by atoms with Crippen LogP contribution in [0.3, 0.4) is 0 Å². The molecule has 3 N–H and O–H groups in total. The molecule has 2 atom stereocenters. The van der Waals surface area contributed by atoms with Crippen LogP contribution in [-0.2, 0) is 0 Å². The lowest BCUT2D eigenvalue weighted by atomic mass is 9.83. The number of nitrogens with zero attached hydrogens (tertiary/aromatic N) is 2. The maximum Gasteiger partial charge on any atom is 0.287 e. The van der Waals surface area contributed by atoms with Gasteiger partial charge in [0.15, 0.2) is 0 Å². The van der Waals surface area contributed by atoms with E-state index in [1.54, 1.807) is 4.90 Å². The summed E-state index contributed by atoms with van der Waals surface area (Å²) in [5, 5.41) is 10.7. The summed E-state index contributed by atoms with van der Waals surface area (Å²) >= 11 is 0. The van der Waals surface area contributed by atoms with Gasteiger partial charge < -0.3 is 15.6 Å². The molecule has 7 nitrogen and oxygen atoms in total. The van der Waals surface area contributed by atoms with Crippen LogP contribution in [0.15, 0.2) is 12.3 Å². The fourth-order valence-electron chi connectivity index (χ4n) is 3.17. The molecule has 1 amide bonds. The largest absolute Gasteiger partial charge is 0.351 e. The van der Waals surface area contributed by atoms with Gasteiger partial charge in [0.1, 0.15) is 5.69 Å². The Kier molecular flexibility index (Phi) is 4.95. The molecule has 0 spiro atoms. The average molecular weight is 294 g/mol. The molecule has 2 rings (SSSR count). The third-order valence-corrected chi connectivity index (χ3v) is 4.28. The summed E-state index contributed by atoms with van der Waals surface area (Å²) in [4.78, 5) is 27.3. The minimum atomic E-state index is -0.507. The van der Waals surface area contributed by atoms with E-state index in [0.29, 0.717) is 19.0 Å². The van der Waals surface area contributed by atoms with Crippen molar-refractivity contribution in [3.8, 4) is 0 Å². The van der Waals surface area contributed by atoms with Crippen LogP contribution in [0, 0.1) is 16.0 Å². The summed E-state index contributed by atoms with van der Waals surface area (Å²) in [6.45, 7) is 3.07. The van der Waals surface area contributed by atoms with Crippen molar-refractivity contribution in [1.82, 2.24) is 9.88 Å². The first-order valence-electron chi connectivity index (χ1n) is 7.42. The second-order valence-corrected chi connectivity index (χ2v) is 5.47. The van der Waals surface area contributed by atoms with E-state index in [-0.39, 0.29) is 23.3 Å². The number of nitro groups is 1. The smallest absolute Gasteiger partial charge is 0.287 e. The summed E-state index contributed by atoms with van der Waals surface area (Å²) in [5.74, 6) is 0.128. The average Bonchev–Trinajstić information content (AvgIpc) is 2.98. The van der Waals surface area contributed by atoms with Crippen LogP contribution in [0.4, 0.5) is 5.69 Å². The number of aromatic nitrogens is 1. The zero-order valence-corrected chi connectivity index (χ0v) is 12.2. The highest BCUT2D eigenvalue weighted by atomic mass is 16.6. The lowest BCUT2D eigenvalue weighted by Gasteiger charge is -2.39. The van der Waals surface area contributed by atoms with E-state index in [0.717, 1.165) is 25.7 Å². The zero-order chi connectivity index (χ0) is 15.4. The Hall–Kier alpha value is -1.89. The van der Waals surface area contributed by atoms with Crippen molar-refractivity contribution in [2.45, 2.75) is 38.6 Å². The van der Waals surface area contributed by atoms with Gasteiger partial charge in [-0.3, -0.25) is 14.9 Å². The molecule has 1 aliphatic carbocycles. The number of amides is 1. The molecule has 2 unspecified atom stereocenters. The van der Waals surface area contributed by atoms with Crippen LogP contribution in [0.25, 0.3) is 0 Å². The summed E-state index contributed by atoms with van der Waals surface area (Å²) < 4.78 is 0. The maximum atomic E-state index is 12.6. The lowest BCUT2D eigenvalue weighted by Crippen LogP contribution is -2.48. The van der Waals surface area contributed by atoms with E-state index in [9.17, 15) is 14.9 Å². The summed E-state index contributed by atoms with van der Waals surface area (Å²) in [5.41, 5.74) is 6.01. The highest BCUT2D eigenvalue weighted by Crippen LogP contribution is 2.29. The van der Waals surface area contributed by atoms with Crippen LogP contribution in [0.2, 0.25) is 0 Å². The minimum Gasteiger partial charge on any atom is -0.351 e. The van der Waals surface area contributed by atoms with Crippen molar-refractivity contribution in [2.24, 2.45) is 11.7 Å². The second kappa shape index (κ2) is 6.71. The monoisotopic (exact) mass is 294 g/mol. The van der Waals surface area contributed by atoms with Gasteiger partial charge in [-0.2, -0.15) is 0 Å². The molecule has 0 bridgehead atoms. The number of hydrogen-bond acceptors (Lipinski definition) is 4. The number of nitrogens with one attached hydrogen (secondary N) is 1. The van der Waals surface area contributed by atoms with Gasteiger partial charge in [-0.1, -0.05) is 12.8 Å². The highest BCUT2D eigenvalue weighted by Gasteiger charge is 2.32. The van der Waals surface area contributed by atoms with Crippen LogP contribution >= 0.6 is 0 Å². The fourth-order valence-corrected chi connectivity index (χ4v) is 3.17. The third-order valence-electron chi connectivity index (χ3n) is 4.28. The number of aromatic amines is 1. The number of carbonyl (C=O) groups is 1. The first-order chi connectivity index (χ1) is 10.1. The molecule has 0 radical (unpaired) electrons. The van der Waals surface area contributed by atoms with Gasteiger partial charge in [0, 0.05) is 18.7 Å². The maximum absolute atomic E-state index is 12.6. The van der Waals surface area contributed by atoms with Gasteiger partial charge in [-0.15, -0.1) is 0 Å². The van der Waals surface area contributed by atoms with E-state index < -0.39 is 4.92 Å². The molecular weight excluding hydrogens is 272 g/mol. The predicted molar refractivity (Wildman–Crippen MR) is 79.0 cm³/mol. The van der Waals surface area contributed by atoms with E-state index in [4.69, 9.17) is 5.73 Å². The Morgan fingerprint density at radius 3 is 2.81 bits per heavy atom. The van der Waals surface area contributed by atoms with Gasteiger partial charge >= 0.3 is 0 Å². The Balaban J connectivity index is 2.18. The molecule has 1 heterocycles. The molecule has 0 saturated heterocycles. The first-order valence-corrected chi connectivity index (χ1v) is 7.42. The molecule has 1 aliphatic rings. The van der Waals surface area contributed by atoms with E-state index in [1.807, 2.05) is 6.92 Å². The molecule has 0 aliphatic heterocycles. The van der Waals surface area contributed by atoms with Crippen molar-refractivity contribution in [1.29, 1.82) is 0 Å². The Labute approximate surface area is 123 Å². The topological polar surface area (TPSA) is 105 Å². The highest BCUT2D eigenvalue weighted by molar-refractivity contribution is 5.93. The molecule has 116 valence electrons. The Bertz CT molecular complexity index is 514. The number of H-pyrrole nitrogens is 1. The number of carbonyl (C=O) groups excluding carboxylic acids is 1. The molecule has 1 aromatic rings. The standard InChI is InChI=1S/C14H22N4O3/c1-2-17(13-6-4-3-5-10(13)8-15)14(19)12-7-11(9-16-12)18(20)21/h7,9-10,13,16H,2-6,8,15H2,1H3. The number of nitrogens with two attached hydrogens (primary N) is 1. The molecular formula is C14H22N4O3. The predicted octanol–water partition coefficient (Wildman–Crippen LogP) is 1.90. The molecule has 1 fully saturated rings. The Morgan fingerprint density at radius 2 is 2.24 bits per heavy atom. The van der Waals surface area contributed by atoms with E-state index in [1.165, 1.54) is 12.3 Å². The lowest BCUT2D eigenvalue weighted by molar-refractivity contribution is -0.384. The third kappa shape index (κ3) is 3.24. The molecule has 21 heavy (non-hydrogen) atoms. The quantitative estimate of drug-likeness (QED) is 0.639. The fraction of sp³-hybridized carbons (Fsp3) is 0.643. The van der Waals surface area contributed by atoms with Crippen LogP contribution in [0.5, 0.6) is 0 Å². The van der Waals surface area contributed by atoms with Crippen molar-refractivity contribution >= 4 is 11.6 Å². The first kappa shape index (κ1) is 15.5. The molecule has 1 saturated carbocycles. The SMILES string of the molecule is CCN(C(=O)c1cc([N+](=O)[O-])c[nH]1)C1CCCCC1CN. The normalized spacial score (nSPS) is 22.0. The van der Waals surface area contributed by atoms with Crippen molar-refractivity contribution in [2.75, 3.05) is 13.1 Å².